The van der Waals surface area contributed by atoms with E-state index in [4.69, 9.17) is 11.6 Å². The summed E-state index contributed by atoms with van der Waals surface area (Å²) in [5.41, 5.74) is 0. The lowest BCUT2D eigenvalue weighted by Gasteiger charge is -2.09. The second kappa shape index (κ2) is 7.09. The van der Waals surface area contributed by atoms with Crippen molar-refractivity contribution in [3.8, 4) is 0 Å². The van der Waals surface area contributed by atoms with E-state index in [1.807, 2.05) is 19.1 Å². The molecule has 0 amide bonds. The van der Waals surface area contributed by atoms with E-state index >= 15 is 0 Å². The largest absolute Gasteiger partial charge is 0.215 e. The molecule has 0 saturated carbocycles. The molecule has 1 aromatic rings. The van der Waals surface area contributed by atoms with Gasteiger partial charge < -0.3 is 0 Å². The molecule has 0 aliphatic rings. The molecule has 1 heterocycles. The zero-order valence-electron chi connectivity index (χ0n) is 9.45. The molecular weight excluding hydrogens is 346 g/mol. The Balaban J connectivity index is 2.35. The van der Waals surface area contributed by atoms with E-state index in [0.717, 1.165) is 8.66 Å². The minimum atomic E-state index is -3.20. The summed E-state index contributed by atoms with van der Waals surface area (Å²) in [5.74, 6) is 0.425. The summed E-state index contributed by atoms with van der Waals surface area (Å²) in [6.07, 6.45) is 0.713. The van der Waals surface area contributed by atoms with Crippen LogP contribution in [-0.2, 0) is 16.4 Å². The summed E-state index contributed by atoms with van der Waals surface area (Å²) < 4.78 is 26.9. The summed E-state index contributed by atoms with van der Waals surface area (Å²) >= 11 is 10.6. The molecule has 1 rings (SSSR count). The molecule has 0 aromatic carbocycles. The maximum absolute atomic E-state index is 11.6. The third-order valence-corrected chi connectivity index (χ3v) is 5.95. The van der Waals surface area contributed by atoms with E-state index in [2.05, 4.69) is 20.7 Å². The monoisotopic (exact) mass is 359 g/mol. The van der Waals surface area contributed by atoms with E-state index in [9.17, 15) is 8.42 Å². The fraction of sp³-hybridized carbons (Fsp3) is 0.600. The Morgan fingerprint density at radius 3 is 2.76 bits per heavy atom. The van der Waals surface area contributed by atoms with Gasteiger partial charge in [-0.1, -0.05) is 6.92 Å². The van der Waals surface area contributed by atoms with E-state index < -0.39 is 10.0 Å². The minimum absolute atomic E-state index is 0.0231. The quantitative estimate of drug-likeness (QED) is 0.760. The molecule has 1 N–H and O–H groups in total. The van der Waals surface area contributed by atoms with Crippen molar-refractivity contribution < 1.29 is 8.42 Å². The highest BCUT2D eigenvalue weighted by Gasteiger charge is 2.14. The zero-order chi connectivity index (χ0) is 12.9. The van der Waals surface area contributed by atoms with Gasteiger partial charge in [-0.25, -0.2) is 13.1 Å². The van der Waals surface area contributed by atoms with E-state index in [1.165, 1.54) is 0 Å². The van der Waals surface area contributed by atoms with Crippen LogP contribution in [0.25, 0.3) is 0 Å². The molecule has 0 radical (unpaired) electrons. The van der Waals surface area contributed by atoms with Crippen molar-refractivity contribution in [2.24, 2.45) is 5.92 Å². The molecule has 0 aliphatic heterocycles. The van der Waals surface area contributed by atoms with Crippen molar-refractivity contribution in [2.75, 3.05) is 18.2 Å². The van der Waals surface area contributed by atoms with Crippen molar-refractivity contribution in [3.05, 3.63) is 20.8 Å². The molecule has 0 spiro atoms. The number of thiophene rings is 1. The SMILES string of the molecule is CC(CCl)CS(=O)(=O)NCCc1ccc(Br)s1. The van der Waals surface area contributed by atoms with Crippen LogP contribution in [-0.4, -0.2) is 26.6 Å². The number of sulfonamides is 1. The Morgan fingerprint density at radius 1 is 1.53 bits per heavy atom. The standard InChI is InChI=1S/C10H15BrClNO2S2/c1-8(6-12)7-17(14,15)13-5-4-9-2-3-10(11)16-9/h2-3,8,13H,4-7H2,1H3. The molecule has 0 aliphatic carbocycles. The van der Waals surface area contributed by atoms with Crippen LogP contribution >= 0.6 is 38.9 Å². The van der Waals surface area contributed by atoms with Crippen LogP contribution in [0, 0.1) is 5.92 Å². The topological polar surface area (TPSA) is 46.2 Å². The van der Waals surface area contributed by atoms with E-state index in [0.29, 0.717) is 18.8 Å². The van der Waals surface area contributed by atoms with Crippen LogP contribution in [0.3, 0.4) is 0 Å². The van der Waals surface area contributed by atoms with Crippen LogP contribution in [0.15, 0.2) is 15.9 Å². The highest BCUT2D eigenvalue weighted by Crippen LogP contribution is 2.22. The van der Waals surface area contributed by atoms with Gasteiger partial charge in [0.1, 0.15) is 0 Å². The molecule has 7 heteroatoms. The van der Waals surface area contributed by atoms with Gasteiger partial charge >= 0.3 is 0 Å². The molecule has 3 nitrogen and oxygen atoms in total. The van der Waals surface area contributed by atoms with Crippen molar-refractivity contribution in [2.45, 2.75) is 13.3 Å². The van der Waals surface area contributed by atoms with Crippen molar-refractivity contribution >= 4 is 48.9 Å². The van der Waals surface area contributed by atoms with Crippen molar-refractivity contribution in [3.63, 3.8) is 0 Å². The zero-order valence-corrected chi connectivity index (χ0v) is 13.4. The molecule has 17 heavy (non-hydrogen) atoms. The predicted molar refractivity (Wildman–Crippen MR) is 77.4 cm³/mol. The van der Waals surface area contributed by atoms with Gasteiger partial charge in [0.2, 0.25) is 10.0 Å². The third-order valence-electron chi connectivity index (χ3n) is 2.09. The fourth-order valence-electron chi connectivity index (χ4n) is 1.29. The Labute approximate surface area is 120 Å². The first kappa shape index (κ1) is 15.4. The summed E-state index contributed by atoms with van der Waals surface area (Å²) in [5, 5.41) is 0. The van der Waals surface area contributed by atoms with Gasteiger partial charge in [-0.15, -0.1) is 22.9 Å². The molecule has 1 aromatic heterocycles. The maximum Gasteiger partial charge on any atom is 0.211 e. The second-order valence-electron chi connectivity index (χ2n) is 3.89. The number of hydrogen-bond donors (Lipinski definition) is 1. The Bertz CT molecular complexity index is 447. The molecule has 1 unspecified atom stereocenters. The maximum atomic E-state index is 11.6. The second-order valence-corrected chi connectivity index (χ2v) is 8.60. The first-order valence-corrected chi connectivity index (χ1v) is 9.00. The Morgan fingerprint density at radius 2 is 2.24 bits per heavy atom. The third kappa shape index (κ3) is 6.20. The van der Waals surface area contributed by atoms with Gasteiger partial charge in [-0.3, -0.25) is 0 Å². The lowest BCUT2D eigenvalue weighted by atomic mass is 10.3. The fourth-order valence-corrected chi connectivity index (χ4v) is 4.41. The summed E-state index contributed by atoms with van der Waals surface area (Å²) in [7, 11) is -3.20. The van der Waals surface area contributed by atoms with Gasteiger partial charge in [-0.2, -0.15) is 0 Å². The van der Waals surface area contributed by atoms with Crippen molar-refractivity contribution in [1.29, 1.82) is 0 Å². The highest BCUT2D eigenvalue weighted by atomic mass is 79.9. The Hall–Kier alpha value is 0.380. The average molecular weight is 361 g/mol. The number of halogens is 2. The molecule has 0 bridgehead atoms. The van der Waals surface area contributed by atoms with Crippen LogP contribution in [0.5, 0.6) is 0 Å². The first-order valence-electron chi connectivity index (χ1n) is 5.20. The lowest BCUT2D eigenvalue weighted by molar-refractivity contribution is 0.569. The molecule has 1 atom stereocenters. The van der Waals surface area contributed by atoms with Crippen LogP contribution < -0.4 is 4.72 Å². The minimum Gasteiger partial charge on any atom is -0.215 e. The Kier molecular flexibility index (Phi) is 6.44. The average Bonchev–Trinajstić information content (AvgIpc) is 2.63. The number of alkyl halides is 1. The molecule has 0 fully saturated rings. The smallest absolute Gasteiger partial charge is 0.211 e. The lowest BCUT2D eigenvalue weighted by Crippen LogP contribution is -2.31. The molecule has 0 saturated heterocycles. The summed E-state index contributed by atoms with van der Waals surface area (Å²) in [4.78, 5) is 1.16. The van der Waals surface area contributed by atoms with Gasteiger partial charge in [-0.05, 0) is 40.4 Å². The normalized spacial score (nSPS) is 13.8. The number of rotatable bonds is 7. The predicted octanol–water partition coefficient (Wildman–Crippen LogP) is 2.85. The van der Waals surface area contributed by atoms with Gasteiger partial charge in [0.05, 0.1) is 9.54 Å². The highest BCUT2D eigenvalue weighted by molar-refractivity contribution is 9.11. The first-order chi connectivity index (χ1) is 7.93. The summed E-state index contributed by atoms with van der Waals surface area (Å²) in [6, 6.07) is 3.95. The van der Waals surface area contributed by atoms with Crippen LogP contribution in [0.1, 0.15) is 11.8 Å². The number of hydrogen-bond acceptors (Lipinski definition) is 3. The van der Waals surface area contributed by atoms with E-state index in [-0.39, 0.29) is 11.7 Å². The molecule has 98 valence electrons. The van der Waals surface area contributed by atoms with E-state index in [1.54, 1.807) is 11.3 Å². The van der Waals surface area contributed by atoms with Crippen molar-refractivity contribution in [1.82, 2.24) is 4.72 Å². The van der Waals surface area contributed by atoms with Gasteiger partial charge in [0, 0.05) is 17.3 Å². The van der Waals surface area contributed by atoms with Gasteiger partial charge in [0.25, 0.3) is 0 Å². The molecular formula is C10H15BrClNO2S2. The van der Waals surface area contributed by atoms with Crippen LogP contribution in [0.2, 0.25) is 0 Å². The number of nitrogens with one attached hydrogen (secondary N) is 1. The van der Waals surface area contributed by atoms with Crippen LogP contribution in [0.4, 0.5) is 0 Å². The summed E-state index contributed by atoms with van der Waals surface area (Å²) in [6.45, 7) is 2.26. The van der Waals surface area contributed by atoms with Gasteiger partial charge in [0.15, 0.2) is 0 Å².